The van der Waals surface area contributed by atoms with Gasteiger partial charge in [-0.15, -0.1) is 0 Å². The van der Waals surface area contributed by atoms with Crippen LogP contribution in [0.4, 0.5) is 4.39 Å². The van der Waals surface area contributed by atoms with Gasteiger partial charge in [-0.2, -0.15) is 0 Å². The molecule has 2 amide bonds. The number of carboxylic acids is 1. The molecule has 2 N–H and O–H groups in total. The third-order valence-corrected chi connectivity index (χ3v) is 6.30. The van der Waals surface area contributed by atoms with Crippen LogP contribution in [0.1, 0.15) is 40.7 Å². The second kappa shape index (κ2) is 8.35. The fourth-order valence-electron chi connectivity index (χ4n) is 4.74. The Hall–Kier alpha value is -3.26. The number of methoxy groups -OCH3 is 1. The highest BCUT2D eigenvalue weighted by atomic mass is 19.1. The van der Waals surface area contributed by atoms with Gasteiger partial charge in [0.1, 0.15) is 6.04 Å². The summed E-state index contributed by atoms with van der Waals surface area (Å²) >= 11 is 0. The Morgan fingerprint density at radius 1 is 1.19 bits per heavy atom. The smallest absolute Gasteiger partial charge is 0.326 e. The lowest BCUT2D eigenvalue weighted by molar-refractivity contribution is -0.147. The third kappa shape index (κ3) is 3.86. The van der Waals surface area contributed by atoms with E-state index in [1.165, 1.54) is 12.7 Å². The first-order valence-electron chi connectivity index (χ1n) is 10.5. The summed E-state index contributed by atoms with van der Waals surface area (Å²) in [5.41, 5.74) is 2.88. The number of fused-ring (bicyclic) bond motifs is 3. The topological polar surface area (TPSA) is 95.9 Å². The molecule has 0 aromatic heterocycles. The van der Waals surface area contributed by atoms with Crippen molar-refractivity contribution in [2.45, 2.75) is 31.0 Å². The number of nitrogens with one attached hydrogen (secondary N) is 1. The number of alkyl halides is 1. The van der Waals surface area contributed by atoms with Crippen molar-refractivity contribution in [3.63, 3.8) is 0 Å². The van der Waals surface area contributed by atoms with Crippen LogP contribution in [0.25, 0.3) is 11.1 Å². The monoisotopic (exact) mass is 440 g/mol. The molecule has 0 bridgehead atoms. The van der Waals surface area contributed by atoms with Gasteiger partial charge >= 0.3 is 5.97 Å². The van der Waals surface area contributed by atoms with Gasteiger partial charge in [-0.1, -0.05) is 37.3 Å². The lowest BCUT2D eigenvalue weighted by Crippen LogP contribution is -2.46. The molecule has 8 heteroatoms. The molecule has 3 atom stereocenters. The Morgan fingerprint density at radius 3 is 2.62 bits per heavy atom. The maximum atomic E-state index is 14.8. The molecule has 1 unspecified atom stereocenters. The van der Waals surface area contributed by atoms with E-state index in [4.69, 9.17) is 4.74 Å². The van der Waals surface area contributed by atoms with Crippen molar-refractivity contribution < 1.29 is 28.6 Å². The van der Waals surface area contributed by atoms with Crippen LogP contribution >= 0.6 is 0 Å². The molecule has 0 saturated carbocycles. The minimum Gasteiger partial charge on any atom is -0.480 e. The first-order chi connectivity index (χ1) is 15.2. The maximum absolute atomic E-state index is 14.8. The zero-order valence-corrected chi connectivity index (χ0v) is 17.9. The average molecular weight is 440 g/mol. The summed E-state index contributed by atoms with van der Waals surface area (Å²) < 4.78 is 19.6. The summed E-state index contributed by atoms with van der Waals surface area (Å²) in [5.74, 6) is -2.16. The molecule has 7 nitrogen and oxygen atoms in total. The van der Waals surface area contributed by atoms with Crippen molar-refractivity contribution in [3.05, 3.63) is 59.2 Å². The highest BCUT2D eigenvalue weighted by molar-refractivity contribution is 5.98. The normalized spacial score (nSPS) is 23.5. The van der Waals surface area contributed by atoms with E-state index in [9.17, 15) is 23.9 Å². The summed E-state index contributed by atoms with van der Waals surface area (Å²) in [6, 6.07) is 12.2. The van der Waals surface area contributed by atoms with Crippen LogP contribution in [0.5, 0.6) is 0 Å². The number of amides is 2. The van der Waals surface area contributed by atoms with Crippen molar-refractivity contribution in [2.75, 3.05) is 26.8 Å². The molecule has 1 fully saturated rings. The SMILES string of the molecule is COC[C@@]1(F)C[C@@H](C(=O)O)N(C(=O)CNC(=O)c2ccc3c(c2)-c2ccccc2C3C)C1. The fourth-order valence-corrected chi connectivity index (χ4v) is 4.74. The predicted octanol–water partition coefficient (Wildman–Crippen LogP) is 2.59. The number of hydrogen-bond donors (Lipinski definition) is 2. The second-order valence-corrected chi connectivity index (χ2v) is 8.46. The molecule has 2 aromatic rings. The van der Waals surface area contributed by atoms with Crippen LogP contribution in [-0.4, -0.2) is 66.3 Å². The largest absolute Gasteiger partial charge is 0.480 e. The van der Waals surface area contributed by atoms with Gasteiger partial charge in [0.05, 0.1) is 19.7 Å². The van der Waals surface area contributed by atoms with Crippen LogP contribution in [0.3, 0.4) is 0 Å². The van der Waals surface area contributed by atoms with Gasteiger partial charge in [-0.25, -0.2) is 9.18 Å². The zero-order chi connectivity index (χ0) is 23.0. The van der Waals surface area contributed by atoms with Crippen LogP contribution in [-0.2, 0) is 14.3 Å². The number of carbonyl (C=O) groups excluding carboxylic acids is 2. The van der Waals surface area contributed by atoms with Crippen molar-refractivity contribution in [1.82, 2.24) is 10.2 Å². The maximum Gasteiger partial charge on any atom is 0.326 e. The van der Waals surface area contributed by atoms with Crippen LogP contribution < -0.4 is 5.32 Å². The predicted molar refractivity (Wildman–Crippen MR) is 115 cm³/mol. The van der Waals surface area contributed by atoms with Crippen molar-refractivity contribution >= 4 is 17.8 Å². The van der Waals surface area contributed by atoms with Crippen LogP contribution in [0.2, 0.25) is 0 Å². The highest BCUT2D eigenvalue weighted by Crippen LogP contribution is 2.44. The molecule has 1 aliphatic heterocycles. The van der Waals surface area contributed by atoms with Crippen LogP contribution in [0, 0.1) is 0 Å². The molecule has 0 radical (unpaired) electrons. The van der Waals surface area contributed by atoms with E-state index in [2.05, 4.69) is 18.3 Å². The number of carbonyl (C=O) groups is 3. The second-order valence-electron chi connectivity index (χ2n) is 8.46. The van der Waals surface area contributed by atoms with Crippen molar-refractivity contribution in [3.8, 4) is 11.1 Å². The Morgan fingerprint density at radius 2 is 1.91 bits per heavy atom. The number of hydrogen-bond acceptors (Lipinski definition) is 4. The van der Waals surface area contributed by atoms with Gasteiger partial charge in [0.25, 0.3) is 5.91 Å². The Balaban J connectivity index is 1.46. The van der Waals surface area contributed by atoms with E-state index < -0.39 is 36.0 Å². The zero-order valence-electron chi connectivity index (χ0n) is 17.9. The van der Waals surface area contributed by atoms with E-state index in [0.717, 1.165) is 21.6 Å². The van der Waals surface area contributed by atoms with E-state index in [1.807, 2.05) is 24.3 Å². The first kappa shape index (κ1) is 22.0. The first-order valence-corrected chi connectivity index (χ1v) is 10.5. The quantitative estimate of drug-likeness (QED) is 0.720. The van der Waals surface area contributed by atoms with Crippen molar-refractivity contribution in [1.29, 1.82) is 0 Å². The van der Waals surface area contributed by atoms with Gasteiger partial charge in [0.2, 0.25) is 5.91 Å². The summed E-state index contributed by atoms with van der Waals surface area (Å²) in [7, 11) is 1.32. The number of benzene rings is 2. The molecule has 1 heterocycles. The van der Waals surface area contributed by atoms with E-state index in [1.54, 1.807) is 12.1 Å². The molecule has 0 spiro atoms. The molecule has 32 heavy (non-hydrogen) atoms. The van der Waals surface area contributed by atoms with Gasteiger partial charge in [0.15, 0.2) is 5.67 Å². The van der Waals surface area contributed by atoms with Gasteiger partial charge in [0, 0.05) is 25.0 Å². The van der Waals surface area contributed by atoms with Crippen LogP contribution in [0.15, 0.2) is 42.5 Å². The Kier molecular flexibility index (Phi) is 5.73. The lowest BCUT2D eigenvalue weighted by atomic mass is 9.98. The molecule has 1 aliphatic carbocycles. The number of nitrogens with zero attached hydrogens (tertiary/aromatic N) is 1. The summed E-state index contributed by atoms with van der Waals surface area (Å²) in [5, 5.41) is 11.9. The van der Waals surface area contributed by atoms with Crippen molar-refractivity contribution in [2.24, 2.45) is 0 Å². The van der Waals surface area contributed by atoms with E-state index in [-0.39, 0.29) is 25.5 Å². The Labute approximate surface area is 185 Å². The minimum atomic E-state index is -1.93. The fraction of sp³-hybridized carbons (Fsp3) is 0.375. The molecular weight excluding hydrogens is 415 g/mol. The molecule has 4 rings (SSSR count). The summed E-state index contributed by atoms with van der Waals surface area (Å²) in [6.07, 6.45) is -0.349. The molecule has 1 saturated heterocycles. The number of rotatable bonds is 6. The lowest BCUT2D eigenvalue weighted by Gasteiger charge is -2.22. The standard InChI is InChI=1S/C24H25FN2O5/c1-14-16-5-3-4-6-18(16)19-9-15(7-8-17(14)19)22(29)26-11-21(28)27-12-24(25,13-32-2)10-20(27)23(30)31/h3-9,14,20H,10-13H2,1-2H3,(H,26,29)(H,30,31)/t14?,20-,24+/m0/s1. The highest BCUT2D eigenvalue weighted by Gasteiger charge is 2.49. The summed E-state index contributed by atoms with van der Waals surface area (Å²) in [4.78, 5) is 37.8. The Bertz CT molecular complexity index is 1090. The number of ether oxygens (including phenoxy) is 1. The van der Waals surface area contributed by atoms with Gasteiger partial charge < -0.3 is 20.1 Å². The van der Waals surface area contributed by atoms with Gasteiger partial charge in [-0.05, 0) is 34.4 Å². The molecule has 2 aliphatic rings. The third-order valence-electron chi connectivity index (χ3n) is 6.30. The molecular formula is C24H25FN2O5. The average Bonchev–Trinajstić information content (AvgIpc) is 3.27. The van der Waals surface area contributed by atoms with E-state index >= 15 is 0 Å². The number of halogens is 1. The number of likely N-dealkylation sites (tertiary alicyclic amines) is 1. The number of carboxylic acid groups (broad SMARTS) is 1. The van der Waals surface area contributed by atoms with Gasteiger partial charge in [-0.3, -0.25) is 9.59 Å². The molecule has 2 aromatic carbocycles. The summed E-state index contributed by atoms with van der Waals surface area (Å²) in [6.45, 7) is 1.00. The molecule has 168 valence electrons. The van der Waals surface area contributed by atoms with E-state index in [0.29, 0.717) is 5.56 Å². The minimum absolute atomic E-state index is 0.232. The number of aliphatic carboxylic acids is 1.